The molecular formula is C22H30O4. The molecule has 0 amide bonds. The molecule has 142 valence electrons. The third-order valence-electron chi connectivity index (χ3n) is 9.06. The Kier molecular flexibility index (Phi) is 3.19. The minimum absolute atomic E-state index is 0.0704. The van der Waals surface area contributed by atoms with Crippen molar-refractivity contribution in [2.45, 2.75) is 77.9 Å². The van der Waals surface area contributed by atoms with Crippen LogP contribution < -0.4 is 0 Å². The number of esters is 2. The van der Waals surface area contributed by atoms with Gasteiger partial charge in [-0.15, -0.1) is 0 Å². The lowest BCUT2D eigenvalue weighted by Crippen LogP contribution is -2.66. The van der Waals surface area contributed by atoms with Crippen molar-refractivity contribution >= 4 is 11.9 Å². The van der Waals surface area contributed by atoms with Gasteiger partial charge in [-0.2, -0.15) is 0 Å². The molecular weight excluding hydrogens is 328 g/mol. The summed E-state index contributed by atoms with van der Waals surface area (Å²) in [6.07, 6.45) is 6.84. The molecule has 2 bridgehead atoms. The van der Waals surface area contributed by atoms with Crippen LogP contribution in [0, 0.1) is 34.0 Å². The molecule has 0 N–H and O–H groups in total. The Morgan fingerprint density at radius 1 is 1.27 bits per heavy atom. The predicted octanol–water partition coefficient (Wildman–Crippen LogP) is 4.03. The highest BCUT2D eigenvalue weighted by Gasteiger charge is 2.76. The van der Waals surface area contributed by atoms with E-state index in [1.165, 1.54) is 18.9 Å². The summed E-state index contributed by atoms with van der Waals surface area (Å²) in [5.74, 6) is 0.842. The zero-order chi connectivity index (χ0) is 18.5. The van der Waals surface area contributed by atoms with Crippen LogP contribution in [0.25, 0.3) is 0 Å². The van der Waals surface area contributed by atoms with Gasteiger partial charge >= 0.3 is 11.9 Å². The minimum Gasteiger partial charge on any atom is -0.458 e. The number of hydrogen-bond acceptors (Lipinski definition) is 4. The normalized spacial score (nSPS) is 54.3. The summed E-state index contributed by atoms with van der Waals surface area (Å²) in [4.78, 5) is 25.0. The lowest BCUT2D eigenvalue weighted by atomic mass is 9.40. The second-order valence-corrected chi connectivity index (χ2v) is 10.3. The molecule has 5 aliphatic rings. The summed E-state index contributed by atoms with van der Waals surface area (Å²) in [6, 6.07) is 0. The number of rotatable bonds is 1. The first-order valence-corrected chi connectivity index (χ1v) is 10.3. The van der Waals surface area contributed by atoms with E-state index in [1.807, 2.05) is 0 Å². The summed E-state index contributed by atoms with van der Waals surface area (Å²) in [5.41, 5.74) is 0.875. The highest BCUT2D eigenvalue weighted by atomic mass is 16.6. The smallest absolute Gasteiger partial charge is 0.312 e. The van der Waals surface area contributed by atoms with Crippen LogP contribution in [0.3, 0.4) is 0 Å². The van der Waals surface area contributed by atoms with Gasteiger partial charge in [0, 0.05) is 18.3 Å². The molecule has 0 aromatic carbocycles. The SMILES string of the molecule is C=C1C[C@]23C[C@H]1CC[C@H]2[C@]1(C)CCC[C@@]2(C)C(=O)O[C@@H]([C@H]3OC(C)=O)[C@@H]12. The fourth-order valence-corrected chi connectivity index (χ4v) is 8.36. The number of carbonyl (C=O) groups is 2. The summed E-state index contributed by atoms with van der Waals surface area (Å²) >= 11 is 0. The summed E-state index contributed by atoms with van der Waals surface area (Å²) in [5, 5.41) is 0. The van der Waals surface area contributed by atoms with Crippen LogP contribution in [0.1, 0.15) is 65.7 Å². The zero-order valence-electron chi connectivity index (χ0n) is 16.2. The highest BCUT2D eigenvalue weighted by molar-refractivity contribution is 5.80. The lowest BCUT2D eigenvalue weighted by molar-refractivity contribution is -0.232. The van der Waals surface area contributed by atoms with E-state index >= 15 is 0 Å². The Balaban J connectivity index is 1.70. The standard InChI is InChI=1S/C22H30O4/c1-12-10-22-11-14(12)6-7-15(22)20(3)8-5-9-21(4)17(20)16(26-19(21)24)18(22)25-13(2)23/h14-18H,1,5-11H2,2-4H3/t14-,15+,16-,17+,18-,20+,21-,22+/m1/s1. The van der Waals surface area contributed by atoms with E-state index in [0.29, 0.717) is 11.8 Å². The van der Waals surface area contributed by atoms with E-state index in [0.717, 1.165) is 38.5 Å². The van der Waals surface area contributed by atoms with Gasteiger partial charge < -0.3 is 9.47 Å². The molecule has 1 aliphatic heterocycles. The van der Waals surface area contributed by atoms with Crippen molar-refractivity contribution in [3.8, 4) is 0 Å². The van der Waals surface area contributed by atoms with Gasteiger partial charge in [-0.3, -0.25) is 9.59 Å². The molecule has 1 heterocycles. The van der Waals surface area contributed by atoms with Crippen LogP contribution in [0.4, 0.5) is 0 Å². The molecule has 0 aromatic heterocycles. The van der Waals surface area contributed by atoms with Gasteiger partial charge in [0.1, 0.15) is 12.2 Å². The molecule has 1 spiro atoms. The number of hydrogen-bond donors (Lipinski definition) is 0. The van der Waals surface area contributed by atoms with Crippen LogP contribution in [-0.2, 0) is 19.1 Å². The second kappa shape index (κ2) is 4.94. The molecule has 5 rings (SSSR count). The van der Waals surface area contributed by atoms with E-state index < -0.39 is 5.41 Å². The quantitative estimate of drug-likeness (QED) is 0.524. The van der Waals surface area contributed by atoms with Crippen LogP contribution in [-0.4, -0.2) is 24.1 Å². The topological polar surface area (TPSA) is 52.6 Å². The van der Waals surface area contributed by atoms with E-state index in [9.17, 15) is 9.59 Å². The number of ether oxygens (including phenoxy) is 2. The number of allylic oxidation sites excluding steroid dienone is 1. The van der Waals surface area contributed by atoms with Crippen LogP contribution in [0.15, 0.2) is 12.2 Å². The zero-order valence-corrected chi connectivity index (χ0v) is 16.2. The van der Waals surface area contributed by atoms with Crippen molar-refractivity contribution in [2.75, 3.05) is 0 Å². The monoisotopic (exact) mass is 358 g/mol. The van der Waals surface area contributed by atoms with E-state index in [-0.39, 0.29) is 40.9 Å². The van der Waals surface area contributed by atoms with Crippen molar-refractivity contribution in [1.82, 2.24) is 0 Å². The minimum atomic E-state index is -0.426. The maximum atomic E-state index is 12.9. The van der Waals surface area contributed by atoms with Gasteiger partial charge in [-0.1, -0.05) is 25.5 Å². The maximum Gasteiger partial charge on any atom is 0.312 e. The third kappa shape index (κ3) is 1.77. The van der Waals surface area contributed by atoms with Gasteiger partial charge in [0.05, 0.1) is 5.41 Å². The average Bonchev–Trinajstić information content (AvgIpc) is 2.97. The molecule has 4 heteroatoms. The van der Waals surface area contributed by atoms with Gasteiger partial charge in [0.25, 0.3) is 0 Å². The average molecular weight is 358 g/mol. The van der Waals surface area contributed by atoms with Crippen molar-refractivity contribution in [3.05, 3.63) is 12.2 Å². The molecule has 8 atom stereocenters. The molecule has 0 unspecified atom stereocenters. The number of carbonyl (C=O) groups excluding carboxylic acids is 2. The van der Waals surface area contributed by atoms with Crippen LogP contribution in [0.5, 0.6) is 0 Å². The lowest BCUT2D eigenvalue weighted by Gasteiger charge is -2.64. The molecule has 4 aliphatic carbocycles. The molecule has 0 radical (unpaired) electrons. The summed E-state index contributed by atoms with van der Waals surface area (Å²) in [7, 11) is 0. The van der Waals surface area contributed by atoms with E-state index in [2.05, 4.69) is 20.4 Å². The molecule has 0 aromatic rings. The van der Waals surface area contributed by atoms with Gasteiger partial charge in [-0.25, -0.2) is 0 Å². The first kappa shape index (κ1) is 16.8. The van der Waals surface area contributed by atoms with E-state index in [1.54, 1.807) is 0 Å². The van der Waals surface area contributed by atoms with Gasteiger partial charge in [-0.05, 0) is 62.7 Å². The fourth-order valence-electron chi connectivity index (χ4n) is 8.36. The van der Waals surface area contributed by atoms with Crippen molar-refractivity contribution in [3.63, 3.8) is 0 Å². The Morgan fingerprint density at radius 2 is 2.04 bits per heavy atom. The largest absolute Gasteiger partial charge is 0.458 e. The van der Waals surface area contributed by atoms with E-state index in [4.69, 9.17) is 9.47 Å². The molecule has 4 saturated carbocycles. The molecule has 26 heavy (non-hydrogen) atoms. The molecule has 1 saturated heterocycles. The van der Waals surface area contributed by atoms with Crippen LogP contribution in [0.2, 0.25) is 0 Å². The van der Waals surface area contributed by atoms with Crippen molar-refractivity contribution < 1.29 is 19.1 Å². The Morgan fingerprint density at radius 3 is 2.77 bits per heavy atom. The van der Waals surface area contributed by atoms with Crippen molar-refractivity contribution in [2.24, 2.45) is 34.0 Å². The third-order valence-corrected chi connectivity index (χ3v) is 9.06. The summed E-state index contributed by atoms with van der Waals surface area (Å²) in [6.45, 7) is 10.4. The maximum absolute atomic E-state index is 12.9. The van der Waals surface area contributed by atoms with Gasteiger partial charge in [0.15, 0.2) is 0 Å². The fraction of sp³-hybridized carbons (Fsp3) is 0.818. The number of fused-ring (bicyclic) bond motifs is 2. The Hall–Kier alpha value is -1.32. The first-order chi connectivity index (χ1) is 12.2. The summed E-state index contributed by atoms with van der Waals surface area (Å²) < 4.78 is 12.0. The predicted molar refractivity (Wildman–Crippen MR) is 96.0 cm³/mol. The van der Waals surface area contributed by atoms with Gasteiger partial charge in [0.2, 0.25) is 0 Å². The highest BCUT2D eigenvalue weighted by Crippen LogP contribution is 2.74. The Labute approximate surface area is 155 Å². The van der Waals surface area contributed by atoms with Crippen molar-refractivity contribution in [1.29, 1.82) is 0 Å². The molecule has 4 nitrogen and oxygen atoms in total. The molecule has 5 fully saturated rings. The second-order valence-electron chi connectivity index (χ2n) is 10.3. The van der Waals surface area contributed by atoms with Crippen LogP contribution >= 0.6 is 0 Å². The Bertz CT molecular complexity index is 713. The first-order valence-electron chi connectivity index (χ1n) is 10.3.